The molecule has 0 amide bonds. The highest BCUT2D eigenvalue weighted by molar-refractivity contribution is 7.79. The van der Waals surface area contributed by atoms with Gasteiger partial charge in [-0.05, 0) is 145 Å². The van der Waals surface area contributed by atoms with Gasteiger partial charge in [0.15, 0.2) is 22.5 Å². The summed E-state index contributed by atoms with van der Waals surface area (Å²) in [6.07, 6.45) is -16.2. The second-order valence-corrected chi connectivity index (χ2v) is 36.5. The van der Waals surface area contributed by atoms with Crippen molar-refractivity contribution in [2.45, 2.75) is 210 Å². The Balaban J connectivity index is 9.76. The smallest absolute Gasteiger partial charge is 0.246 e. The second-order valence-electron chi connectivity index (χ2n) is 21.2. The Labute approximate surface area is 325 Å². The van der Waals surface area contributed by atoms with Crippen molar-refractivity contribution in [3.63, 3.8) is 0 Å². The Morgan fingerprint density at radius 3 is 0.509 bits per heavy atom. The summed E-state index contributed by atoms with van der Waals surface area (Å²) in [6.45, 7) is 19.1. The molecule has 3 nitrogen and oxygen atoms in total. The highest BCUT2D eigenvalue weighted by Gasteiger charge is 2.87. The third-order valence-electron chi connectivity index (χ3n) is 11.1. The molecule has 0 aromatic rings. The summed E-state index contributed by atoms with van der Waals surface area (Å²) in [5.41, 5.74) is 0. The average molecular weight is 882 g/mol. The predicted octanol–water partition coefficient (Wildman–Crippen LogP) is 15.5. The molecule has 0 spiro atoms. The largest absolute Gasteiger partial charge is 0.749 e. The van der Waals surface area contributed by atoms with Crippen LogP contribution in [0.5, 0.6) is 0 Å². The SMILES string of the molecule is CC(C)(C)[P+](OB(O[P+](C(C)(C)C)(C(C)(C)C)C(C)(CF)C(F)(F)F)O[P+](C(C)(C)C)(C(C)(C)C)C(C)(CF)C(F)(F)F)(C(C)(C)C)C(C)(CF)C(F)(F)F. The molecule has 0 bridgehead atoms. The first kappa shape index (κ1) is 55.4. The Bertz CT molecular complexity index is 1100. The molecular weight excluding hydrogens is 812 g/mol. The number of alkyl halides is 12. The quantitative estimate of drug-likeness (QED) is 0.111. The minimum atomic E-state index is -5.40. The summed E-state index contributed by atoms with van der Waals surface area (Å²) in [6, 6.07) is 0. The van der Waals surface area contributed by atoms with Crippen LogP contribution in [0, 0.1) is 0 Å². The lowest BCUT2D eigenvalue weighted by Gasteiger charge is -2.57. The molecule has 0 saturated carbocycles. The Kier molecular flexibility index (Phi) is 15.8. The van der Waals surface area contributed by atoms with Crippen LogP contribution in [0.1, 0.15) is 145 Å². The van der Waals surface area contributed by atoms with Crippen molar-refractivity contribution in [1.82, 2.24) is 0 Å². The Hall–Kier alpha value is 0.395. The van der Waals surface area contributed by atoms with Crippen molar-refractivity contribution in [1.29, 1.82) is 0 Å². The molecule has 0 aliphatic carbocycles. The molecule has 0 radical (unpaired) electrons. The van der Waals surface area contributed by atoms with Gasteiger partial charge in [-0.1, -0.05) is 0 Å². The van der Waals surface area contributed by atoms with Gasteiger partial charge in [0.1, 0.15) is 20.0 Å². The zero-order valence-corrected chi connectivity index (χ0v) is 39.5. The minimum Gasteiger partial charge on any atom is -0.246 e. The minimum absolute atomic E-state index is 0.572. The summed E-state index contributed by atoms with van der Waals surface area (Å²) in [7, 11) is -17.3. The number of halogens is 12. The molecule has 0 saturated heterocycles. The van der Waals surface area contributed by atoms with Gasteiger partial charge < -0.3 is 0 Å². The third kappa shape index (κ3) is 8.52. The van der Waals surface area contributed by atoms with Crippen LogP contribution in [0.2, 0.25) is 0 Å². The van der Waals surface area contributed by atoms with E-state index in [0.29, 0.717) is 20.8 Å². The van der Waals surface area contributed by atoms with Crippen LogP contribution < -0.4 is 0 Å². The normalized spacial score (nSPS) is 19.1. The van der Waals surface area contributed by atoms with Gasteiger partial charge >= 0.3 is 25.9 Å². The number of hydrogen-bond acceptors (Lipinski definition) is 3. The van der Waals surface area contributed by atoms with E-state index in [1.54, 1.807) is 0 Å². The lowest BCUT2D eigenvalue weighted by molar-refractivity contribution is -0.164. The second kappa shape index (κ2) is 15.7. The summed E-state index contributed by atoms with van der Waals surface area (Å²) < 4.78 is 207. The fourth-order valence-corrected chi connectivity index (χ4v) is 30.5. The number of rotatable bonds is 12. The van der Waals surface area contributed by atoms with Crippen molar-refractivity contribution in [3.8, 4) is 0 Å². The molecule has 0 heterocycles. The van der Waals surface area contributed by atoms with Crippen LogP contribution in [-0.2, 0) is 13.3 Å². The molecule has 0 aliphatic heterocycles. The summed E-state index contributed by atoms with van der Waals surface area (Å²) in [4.78, 5) is 0. The van der Waals surface area contributed by atoms with Gasteiger partial charge in [0, 0.05) is 0 Å². The van der Waals surface area contributed by atoms with E-state index in [-0.39, 0.29) is 0 Å². The van der Waals surface area contributed by atoms with E-state index in [1.165, 1.54) is 125 Å². The highest BCUT2D eigenvalue weighted by atomic mass is 31.2. The van der Waals surface area contributed by atoms with Crippen LogP contribution in [0.25, 0.3) is 0 Å². The van der Waals surface area contributed by atoms with Gasteiger partial charge in [0.05, 0.1) is 30.9 Å². The van der Waals surface area contributed by atoms with E-state index >= 15 is 52.7 Å². The maximum absolute atomic E-state index is 15.6. The first-order chi connectivity index (χ1) is 23.5. The van der Waals surface area contributed by atoms with Crippen LogP contribution in [-0.4, -0.2) is 92.3 Å². The monoisotopic (exact) mass is 881 g/mol. The standard InChI is InChI=1S/C36H69BF12O3P3/c1-25(2,3)53(26(4,5)6,31(19,22-38)34(41,42)43)50-37(51-54(27(7,8)9,28(10,11)12)32(20,23-39)35(44,45)46)52-55(29(13,14)15,30(16,17)18)33(21,24-40)36(47,48)49/h22-24H2,1-21H3/q+3. The van der Waals surface area contributed by atoms with Gasteiger partial charge in [0.25, 0.3) is 0 Å². The van der Waals surface area contributed by atoms with Crippen LogP contribution >= 0.6 is 22.5 Å². The topological polar surface area (TPSA) is 27.7 Å². The molecule has 0 fully saturated rings. The molecule has 0 aromatic heterocycles. The first-order valence-electron chi connectivity index (χ1n) is 18.1. The van der Waals surface area contributed by atoms with Crippen LogP contribution in [0.4, 0.5) is 52.7 Å². The van der Waals surface area contributed by atoms with Crippen molar-refractivity contribution < 1.29 is 66.0 Å². The first-order valence-corrected chi connectivity index (χ1v) is 23.2. The van der Waals surface area contributed by atoms with Gasteiger partial charge in [-0.15, -0.1) is 0 Å². The molecule has 3 atom stereocenters. The van der Waals surface area contributed by atoms with Gasteiger partial charge in [0.2, 0.25) is 15.5 Å². The molecule has 0 N–H and O–H groups in total. The molecule has 55 heavy (non-hydrogen) atoms. The van der Waals surface area contributed by atoms with E-state index in [2.05, 4.69) is 0 Å². The lowest BCUT2D eigenvalue weighted by atomic mass is 10.2. The maximum Gasteiger partial charge on any atom is 0.749 e. The molecule has 330 valence electrons. The van der Waals surface area contributed by atoms with Crippen molar-refractivity contribution in [2.75, 3.05) is 20.0 Å². The van der Waals surface area contributed by atoms with Crippen LogP contribution in [0.15, 0.2) is 0 Å². The predicted molar refractivity (Wildman–Crippen MR) is 210 cm³/mol. The van der Waals surface area contributed by atoms with Crippen molar-refractivity contribution in [3.05, 3.63) is 0 Å². The van der Waals surface area contributed by atoms with E-state index in [0.717, 1.165) is 0 Å². The molecule has 0 aromatic carbocycles. The molecule has 19 heteroatoms. The summed E-state index contributed by atoms with van der Waals surface area (Å²) >= 11 is 0. The Morgan fingerprint density at radius 1 is 0.309 bits per heavy atom. The van der Waals surface area contributed by atoms with Gasteiger partial charge in [-0.3, -0.25) is 0 Å². The Morgan fingerprint density at radius 2 is 0.436 bits per heavy atom. The number of hydrogen-bond donors (Lipinski definition) is 0. The van der Waals surface area contributed by atoms with E-state index in [4.69, 9.17) is 13.3 Å². The molecule has 0 rings (SSSR count). The van der Waals surface area contributed by atoms with E-state index < -0.39 is 115 Å². The maximum atomic E-state index is 15.6. The zero-order chi connectivity index (χ0) is 45.3. The van der Waals surface area contributed by atoms with E-state index in [9.17, 15) is 0 Å². The summed E-state index contributed by atoms with van der Waals surface area (Å²) in [5.74, 6) is 0. The zero-order valence-electron chi connectivity index (χ0n) is 36.8. The fraction of sp³-hybridized carbons (Fsp3) is 1.00. The highest BCUT2D eigenvalue weighted by Crippen LogP contribution is 2.92. The molecule has 0 aliphatic rings. The molecular formula is C36H69BF12O3P3+3. The molecule has 3 unspecified atom stereocenters. The van der Waals surface area contributed by atoms with Gasteiger partial charge in [-0.25, -0.2) is 26.5 Å². The van der Waals surface area contributed by atoms with Gasteiger partial charge in [-0.2, -0.15) is 39.5 Å². The lowest BCUT2D eigenvalue weighted by Crippen LogP contribution is -2.62. The fourth-order valence-electron chi connectivity index (χ4n) is 10.2. The van der Waals surface area contributed by atoms with Crippen molar-refractivity contribution in [2.24, 2.45) is 0 Å². The van der Waals surface area contributed by atoms with E-state index in [1.807, 2.05) is 0 Å². The van der Waals surface area contributed by atoms with Crippen LogP contribution in [0.3, 0.4) is 0 Å². The van der Waals surface area contributed by atoms with Crippen molar-refractivity contribution >= 4 is 29.8 Å². The third-order valence-corrected chi connectivity index (χ3v) is 29.2. The average Bonchev–Trinajstić information content (AvgIpc) is 2.89. The summed E-state index contributed by atoms with van der Waals surface area (Å²) in [5, 5.41) is -20.7.